The van der Waals surface area contributed by atoms with Crippen LogP contribution in [0.4, 0.5) is 5.69 Å². The van der Waals surface area contributed by atoms with Crippen molar-refractivity contribution in [3.8, 4) is 5.75 Å². The molecule has 2 heterocycles. The van der Waals surface area contributed by atoms with Crippen molar-refractivity contribution in [3.63, 3.8) is 0 Å². The van der Waals surface area contributed by atoms with Crippen molar-refractivity contribution in [2.24, 2.45) is 0 Å². The van der Waals surface area contributed by atoms with E-state index in [0.29, 0.717) is 21.5 Å². The average Bonchev–Trinajstić information content (AvgIpc) is 3.23. The Kier molecular flexibility index (Phi) is 11.0. The largest absolute Gasteiger partial charge is 0.489 e. The first-order valence-electron chi connectivity index (χ1n) is 14.1. The van der Waals surface area contributed by atoms with Crippen LogP contribution in [0.3, 0.4) is 0 Å². The average molecular weight is 752 g/mol. The van der Waals surface area contributed by atoms with E-state index in [1.165, 1.54) is 6.04 Å². The first-order valence-corrected chi connectivity index (χ1v) is 19.6. The van der Waals surface area contributed by atoms with Crippen molar-refractivity contribution < 1.29 is 19.1 Å². The fourth-order valence-electron chi connectivity index (χ4n) is 5.70. The molecular weight excluding hydrogens is 714 g/mol. The number of methoxy groups -OCH3 is 1. The van der Waals surface area contributed by atoms with E-state index >= 15 is 0 Å². The molecule has 0 unspecified atom stereocenters. The summed E-state index contributed by atoms with van der Waals surface area (Å²) < 4.78 is 11.9. The van der Waals surface area contributed by atoms with Crippen LogP contribution in [0.1, 0.15) is 35.1 Å². The number of piperidine rings is 1. The summed E-state index contributed by atoms with van der Waals surface area (Å²) in [5.41, 5.74) is 1.78. The summed E-state index contributed by atoms with van der Waals surface area (Å²) in [4.78, 5) is 27.3. The highest BCUT2D eigenvalue weighted by Crippen LogP contribution is 2.58. The van der Waals surface area contributed by atoms with Crippen LogP contribution >= 0.6 is 45.8 Å². The normalized spacial score (nSPS) is 20.9. The number of rotatable bonds is 8. The molecule has 1 spiro atoms. The molecule has 1 fully saturated rings. The molecule has 2 N–H and O–H groups in total. The Hall–Kier alpha value is -2.37. The fraction of sp³-hybridized carbons (Fsp3) is 0.333. The van der Waals surface area contributed by atoms with Crippen LogP contribution in [-0.4, -0.2) is 40.2 Å². The van der Waals surface area contributed by atoms with Crippen LogP contribution in [0.2, 0.25) is 35.7 Å². The van der Waals surface area contributed by atoms with Crippen LogP contribution in [0.25, 0.3) is 0 Å². The molecule has 3 atom stereocenters. The van der Waals surface area contributed by atoms with E-state index in [-0.39, 0.29) is 24.8 Å². The van der Waals surface area contributed by atoms with Crippen LogP contribution < -0.4 is 15.4 Å². The summed E-state index contributed by atoms with van der Waals surface area (Å²) in [7, 11) is 0.961. The lowest BCUT2D eigenvalue weighted by Gasteiger charge is -2.46. The van der Waals surface area contributed by atoms with Gasteiger partial charge in [0, 0.05) is 59.0 Å². The SMILES string of the molecule is C=CCOc1ccc(I)cc1[C@H]1NC(=O)C[C@@H](c2cccc(Cl)c2)[C@]12C(=O)Nc1cc(Cl)ccc12.COCC[Si](C)(C)C. The van der Waals surface area contributed by atoms with Gasteiger partial charge in [-0.05, 0) is 82.2 Å². The second kappa shape index (κ2) is 14.2. The van der Waals surface area contributed by atoms with E-state index in [4.69, 9.17) is 32.7 Å². The predicted molar refractivity (Wildman–Crippen MR) is 186 cm³/mol. The molecule has 0 bridgehead atoms. The number of benzene rings is 3. The van der Waals surface area contributed by atoms with Gasteiger partial charge in [0.25, 0.3) is 0 Å². The molecule has 3 aromatic rings. The molecule has 0 aliphatic carbocycles. The maximum absolute atomic E-state index is 14.1. The number of carbonyl (C=O) groups is 2. The number of ether oxygens (including phenoxy) is 2. The number of halogens is 3. The molecule has 2 aliphatic rings. The smallest absolute Gasteiger partial charge is 0.238 e. The quantitative estimate of drug-likeness (QED) is 0.138. The Morgan fingerprint density at radius 3 is 2.47 bits per heavy atom. The molecule has 0 aromatic heterocycles. The van der Waals surface area contributed by atoms with Crippen LogP contribution in [0, 0.1) is 3.57 Å². The highest BCUT2D eigenvalue weighted by atomic mass is 127. The lowest BCUT2D eigenvalue weighted by atomic mass is 9.59. The number of amides is 2. The second-order valence-electron chi connectivity index (χ2n) is 11.9. The van der Waals surface area contributed by atoms with Gasteiger partial charge in [0.2, 0.25) is 11.8 Å². The third kappa shape index (κ3) is 7.48. The molecule has 0 saturated carbocycles. The van der Waals surface area contributed by atoms with Gasteiger partial charge < -0.3 is 20.1 Å². The van der Waals surface area contributed by atoms with E-state index in [1.54, 1.807) is 31.4 Å². The summed E-state index contributed by atoms with van der Waals surface area (Å²) in [5.74, 6) is -0.267. The Bertz CT molecular complexity index is 1510. The predicted octanol–water partition coefficient (Wildman–Crippen LogP) is 8.37. The lowest BCUT2D eigenvalue weighted by Crippen LogP contribution is -2.56. The summed E-state index contributed by atoms with van der Waals surface area (Å²) in [6.07, 6.45) is 1.78. The monoisotopic (exact) mass is 750 g/mol. The fourth-order valence-corrected chi connectivity index (χ4v) is 7.41. The van der Waals surface area contributed by atoms with Gasteiger partial charge in [-0.15, -0.1) is 0 Å². The van der Waals surface area contributed by atoms with Gasteiger partial charge in [-0.2, -0.15) is 0 Å². The molecule has 5 rings (SSSR count). The Balaban J connectivity index is 0.000000467. The maximum Gasteiger partial charge on any atom is 0.238 e. The molecule has 6 nitrogen and oxygen atoms in total. The Morgan fingerprint density at radius 1 is 1.07 bits per heavy atom. The second-order valence-corrected chi connectivity index (χ2v) is 19.7. The zero-order valence-electron chi connectivity index (χ0n) is 24.8. The maximum atomic E-state index is 14.1. The van der Waals surface area contributed by atoms with E-state index in [2.05, 4.69) is 59.4 Å². The molecule has 43 heavy (non-hydrogen) atoms. The minimum Gasteiger partial charge on any atom is -0.489 e. The number of nitrogens with one attached hydrogen (secondary N) is 2. The minimum atomic E-state index is -1.16. The number of carbonyl (C=O) groups excluding carboxylic acids is 2. The molecule has 2 amide bonds. The molecule has 10 heteroatoms. The summed E-state index contributed by atoms with van der Waals surface area (Å²) in [6.45, 7) is 12.0. The number of fused-ring (bicyclic) bond motifs is 2. The summed E-state index contributed by atoms with van der Waals surface area (Å²) in [6, 6.07) is 19.1. The summed E-state index contributed by atoms with van der Waals surface area (Å²) >= 11 is 14.9. The standard InChI is InChI=1S/C27H21Cl2IN2O3.C6H16OSi/c1-2-10-35-23-9-7-18(30)13-19(23)25-27(20-8-6-17(29)12-22(20)31-26(27)34)21(14-24(33)32-25)15-4-3-5-16(28)11-15;1-7-5-6-8(2,3)4/h2-9,11-13,21,25H,1,10,14H2,(H,31,34)(H,32,33);5-6H2,1-4H3/t21-,25+,27-;/m0./s1. The topological polar surface area (TPSA) is 76.7 Å². The Morgan fingerprint density at radius 2 is 1.81 bits per heavy atom. The van der Waals surface area contributed by atoms with Crippen LogP contribution in [-0.2, 0) is 19.7 Å². The number of anilines is 1. The van der Waals surface area contributed by atoms with Gasteiger partial charge in [0.15, 0.2) is 0 Å². The third-order valence-electron chi connectivity index (χ3n) is 7.70. The van der Waals surface area contributed by atoms with Gasteiger partial charge in [-0.25, -0.2) is 0 Å². The molecule has 1 saturated heterocycles. The molecule has 3 aromatic carbocycles. The van der Waals surface area contributed by atoms with Gasteiger partial charge in [-0.1, -0.05) is 73.7 Å². The molecular formula is C33H37Cl2IN2O4Si. The van der Waals surface area contributed by atoms with Gasteiger partial charge in [0.1, 0.15) is 17.8 Å². The lowest BCUT2D eigenvalue weighted by molar-refractivity contribution is -0.131. The van der Waals surface area contributed by atoms with Crippen molar-refractivity contribution in [1.29, 1.82) is 0 Å². The summed E-state index contributed by atoms with van der Waals surface area (Å²) in [5, 5.41) is 7.23. The zero-order chi connectivity index (χ0) is 31.4. The van der Waals surface area contributed by atoms with Crippen LogP contribution in [0.5, 0.6) is 5.75 Å². The molecule has 228 valence electrons. The van der Waals surface area contributed by atoms with Crippen molar-refractivity contribution in [1.82, 2.24) is 5.32 Å². The van der Waals surface area contributed by atoms with Crippen molar-refractivity contribution in [2.45, 2.75) is 49.5 Å². The first-order chi connectivity index (χ1) is 20.4. The van der Waals surface area contributed by atoms with E-state index in [9.17, 15) is 9.59 Å². The van der Waals surface area contributed by atoms with Crippen molar-refractivity contribution >= 4 is 71.4 Å². The van der Waals surface area contributed by atoms with E-state index in [0.717, 1.165) is 26.9 Å². The number of hydrogen-bond donors (Lipinski definition) is 2. The molecule has 0 radical (unpaired) electrons. The van der Waals surface area contributed by atoms with Gasteiger partial charge in [-0.3, -0.25) is 9.59 Å². The van der Waals surface area contributed by atoms with E-state index < -0.39 is 25.4 Å². The zero-order valence-corrected chi connectivity index (χ0v) is 29.5. The number of hydrogen-bond acceptors (Lipinski definition) is 4. The van der Waals surface area contributed by atoms with Crippen molar-refractivity contribution in [3.05, 3.63) is 104 Å². The third-order valence-corrected chi connectivity index (χ3v) is 10.5. The van der Waals surface area contributed by atoms with Gasteiger partial charge >= 0.3 is 0 Å². The minimum absolute atomic E-state index is 0.124. The van der Waals surface area contributed by atoms with E-state index in [1.807, 2.05) is 42.5 Å². The molecule has 2 aliphatic heterocycles. The highest BCUT2D eigenvalue weighted by Gasteiger charge is 2.61. The first kappa shape index (κ1) is 33.5. The van der Waals surface area contributed by atoms with Crippen LogP contribution in [0.15, 0.2) is 73.3 Å². The van der Waals surface area contributed by atoms with Crippen molar-refractivity contribution in [2.75, 3.05) is 25.6 Å². The Labute approximate surface area is 278 Å². The highest BCUT2D eigenvalue weighted by molar-refractivity contribution is 14.1. The van der Waals surface area contributed by atoms with Gasteiger partial charge in [0.05, 0.1) is 6.04 Å².